The van der Waals surface area contributed by atoms with Crippen LogP contribution >= 0.6 is 11.6 Å². The lowest BCUT2D eigenvalue weighted by atomic mass is 9.92. The topological polar surface area (TPSA) is 40.6 Å². The van der Waals surface area contributed by atoms with E-state index in [0.717, 1.165) is 36.9 Å². The minimum Gasteiger partial charge on any atom is -0.342 e. The zero-order valence-electron chi connectivity index (χ0n) is 16.8. The molecular weight excluding hydrogens is 384 g/mol. The van der Waals surface area contributed by atoms with Crippen molar-refractivity contribution in [2.75, 3.05) is 18.0 Å². The van der Waals surface area contributed by atoms with Crippen LogP contribution in [0.4, 0.5) is 5.69 Å². The van der Waals surface area contributed by atoms with E-state index in [1.54, 1.807) is 0 Å². The smallest absolute Gasteiger partial charge is 0.233 e. The van der Waals surface area contributed by atoms with Crippen molar-refractivity contribution in [1.29, 1.82) is 0 Å². The third-order valence-electron chi connectivity index (χ3n) is 6.28. The number of rotatable bonds is 5. The van der Waals surface area contributed by atoms with Gasteiger partial charge in [-0.15, -0.1) is 0 Å². The summed E-state index contributed by atoms with van der Waals surface area (Å²) in [5.74, 6) is 0.368. The van der Waals surface area contributed by atoms with Crippen molar-refractivity contribution in [2.24, 2.45) is 0 Å². The second-order valence-electron chi connectivity index (χ2n) is 8.07. The number of benzene rings is 2. The number of nitrogens with zero attached hydrogens (tertiary/aromatic N) is 2. The third-order valence-corrected chi connectivity index (χ3v) is 6.53. The van der Waals surface area contributed by atoms with Gasteiger partial charge in [0.1, 0.15) is 0 Å². The molecule has 2 aliphatic rings. The molecule has 4 rings (SSSR count). The van der Waals surface area contributed by atoms with Crippen molar-refractivity contribution < 1.29 is 9.59 Å². The zero-order chi connectivity index (χ0) is 20.4. The highest BCUT2D eigenvalue weighted by Crippen LogP contribution is 2.50. The Kier molecular flexibility index (Phi) is 5.64. The van der Waals surface area contributed by atoms with Gasteiger partial charge < -0.3 is 9.80 Å². The van der Waals surface area contributed by atoms with Crippen LogP contribution in [0.2, 0.25) is 5.02 Å². The lowest BCUT2D eigenvalue weighted by Gasteiger charge is -2.39. The Morgan fingerprint density at radius 1 is 1.03 bits per heavy atom. The summed E-state index contributed by atoms with van der Waals surface area (Å²) in [6.07, 6.45) is 3.90. The number of para-hydroxylation sites is 1. The number of carbonyl (C=O) groups excluding carboxylic acids is 2. The molecule has 2 fully saturated rings. The first-order valence-electron chi connectivity index (χ1n) is 10.5. The Morgan fingerprint density at radius 3 is 2.21 bits per heavy atom. The standard InChI is InChI=1S/C24H27ClN2O2/c1-2-22(28)27(20-6-4-3-5-7-20)21-12-16-26(17-13-21)23(29)24(14-15-24)18-8-10-19(25)11-9-18/h3-11,21H,2,12-17H2,1H3. The number of hydrogen-bond acceptors (Lipinski definition) is 2. The molecular formula is C24H27ClN2O2. The van der Waals surface area contributed by atoms with Crippen molar-refractivity contribution in [1.82, 2.24) is 4.90 Å². The zero-order valence-corrected chi connectivity index (χ0v) is 17.6. The van der Waals surface area contributed by atoms with E-state index in [9.17, 15) is 9.59 Å². The van der Waals surface area contributed by atoms with Crippen molar-refractivity contribution in [3.63, 3.8) is 0 Å². The molecule has 1 heterocycles. The quantitative estimate of drug-likeness (QED) is 0.709. The summed E-state index contributed by atoms with van der Waals surface area (Å²) >= 11 is 6.02. The average molecular weight is 411 g/mol. The number of hydrogen-bond donors (Lipinski definition) is 0. The summed E-state index contributed by atoms with van der Waals surface area (Å²) < 4.78 is 0. The van der Waals surface area contributed by atoms with E-state index in [1.165, 1.54) is 0 Å². The highest BCUT2D eigenvalue weighted by atomic mass is 35.5. The van der Waals surface area contributed by atoms with Gasteiger partial charge in [0.05, 0.1) is 5.41 Å². The second-order valence-corrected chi connectivity index (χ2v) is 8.50. The van der Waals surface area contributed by atoms with Crippen LogP contribution in [0.15, 0.2) is 54.6 Å². The highest BCUT2D eigenvalue weighted by Gasteiger charge is 2.53. The lowest BCUT2D eigenvalue weighted by molar-refractivity contribution is -0.135. The van der Waals surface area contributed by atoms with Crippen LogP contribution < -0.4 is 4.90 Å². The first kappa shape index (κ1) is 20.0. The maximum absolute atomic E-state index is 13.3. The van der Waals surface area contributed by atoms with Gasteiger partial charge in [0.25, 0.3) is 0 Å². The molecule has 0 radical (unpaired) electrons. The van der Waals surface area contributed by atoms with Crippen LogP contribution in [0.1, 0.15) is 44.6 Å². The monoisotopic (exact) mass is 410 g/mol. The average Bonchev–Trinajstić information content (AvgIpc) is 3.57. The maximum atomic E-state index is 13.3. The van der Waals surface area contributed by atoms with Gasteiger partial charge >= 0.3 is 0 Å². The summed E-state index contributed by atoms with van der Waals surface area (Å²) in [5, 5.41) is 0.694. The first-order valence-corrected chi connectivity index (χ1v) is 10.9. The molecule has 0 aromatic heterocycles. The number of anilines is 1. The van der Waals surface area contributed by atoms with E-state index in [1.807, 2.05) is 71.3 Å². The van der Waals surface area contributed by atoms with Crippen LogP contribution in [0.25, 0.3) is 0 Å². The van der Waals surface area contributed by atoms with Gasteiger partial charge in [-0.2, -0.15) is 0 Å². The molecule has 2 amide bonds. The Balaban J connectivity index is 1.45. The van der Waals surface area contributed by atoms with E-state index < -0.39 is 0 Å². The van der Waals surface area contributed by atoms with Gasteiger partial charge in [-0.05, 0) is 55.5 Å². The van der Waals surface area contributed by atoms with Gasteiger partial charge in [0.15, 0.2) is 0 Å². The molecule has 5 heteroatoms. The van der Waals surface area contributed by atoms with Crippen LogP contribution in [-0.2, 0) is 15.0 Å². The van der Waals surface area contributed by atoms with E-state index in [4.69, 9.17) is 11.6 Å². The van der Waals surface area contributed by atoms with Crippen LogP contribution in [0, 0.1) is 0 Å². The first-order chi connectivity index (χ1) is 14.0. The fourth-order valence-corrected chi connectivity index (χ4v) is 4.59. The van der Waals surface area contributed by atoms with Crippen molar-refractivity contribution in [3.8, 4) is 0 Å². The van der Waals surface area contributed by atoms with Crippen molar-refractivity contribution in [3.05, 3.63) is 65.2 Å². The molecule has 0 unspecified atom stereocenters. The Labute approximate surface area is 177 Å². The van der Waals surface area contributed by atoms with Crippen LogP contribution in [0.5, 0.6) is 0 Å². The lowest BCUT2D eigenvalue weighted by Crippen LogP contribution is -2.51. The van der Waals surface area contributed by atoms with E-state index in [2.05, 4.69) is 0 Å². The summed E-state index contributed by atoms with van der Waals surface area (Å²) in [5.41, 5.74) is 1.65. The molecule has 152 valence electrons. The van der Waals surface area contributed by atoms with Gasteiger partial charge in [-0.25, -0.2) is 0 Å². The van der Waals surface area contributed by atoms with Gasteiger partial charge in [-0.1, -0.05) is 48.9 Å². The van der Waals surface area contributed by atoms with Crippen molar-refractivity contribution >= 4 is 29.1 Å². The van der Waals surface area contributed by atoms with Gasteiger partial charge in [-0.3, -0.25) is 9.59 Å². The summed E-state index contributed by atoms with van der Waals surface area (Å²) in [6, 6.07) is 17.7. The van der Waals surface area contributed by atoms with E-state index in [0.29, 0.717) is 24.5 Å². The molecule has 4 nitrogen and oxygen atoms in total. The van der Waals surface area contributed by atoms with E-state index in [-0.39, 0.29) is 23.3 Å². The molecule has 0 N–H and O–H groups in total. The number of amides is 2. The molecule has 0 atom stereocenters. The second kappa shape index (κ2) is 8.19. The SMILES string of the molecule is CCC(=O)N(c1ccccc1)C1CCN(C(=O)C2(c3ccc(Cl)cc3)CC2)CC1. The minimum atomic E-state index is -0.365. The maximum Gasteiger partial charge on any atom is 0.233 e. The molecule has 0 spiro atoms. The van der Waals surface area contributed by atoms with Crippen LogP contribution in [0.3, 0.4) is 0 Å². The molecule has 1 saturated heterocycles. The molecule has 29 heavy (non-hydrogen) atoms. The highest BCUT2D eigenvalue weighted by molar-refractivity contribution is 6.30. The Hall–Kier alpha value is -2.33. The Morgan fingerprint density at radius 2 is 1.66 bits per heavy atom. The number of piperidine rings is 1. The number of carbonyl (C=O) groups is 2. The fraction of sp³-hybridized carbons (Fsp3) is 0.417. The van der Waals surface area contributed by atoms with Gasteiger partial charge in [0, 0.05) is 36.3 Å². The minimum absolute atomic E-state index is 0.139. The van der Waals surface area contributed by atoms with Gasteiger partial charge in [0.2, 0.25) is 11.8 Å². The molecule has 1 saturated carbocycles. The van der Waals surface area contributed by atoms with Crippen LogP contribution in [-0.4, -0.2) is 35.8 Å². The molecule has 2 aromatic rings. The molecule has 2 aromatic carbocycles. The normalized spacial score (nSPS) is 18.3. The largest absolute Gasteiger partial charge is 0.342 e. The molecule has 1 aliphatic carbocycles. The third kappa shape index (κ3) is 3.91. The predicted octanol–water partition coefficient (Wildman–Crippen LogP) is 4.81. The number of likely N-dealkylation sites (tertiary alicyclic amines) is 1. The molecule has 0 bridgehead atoms. The van der Waals surface area contributed by atoms with E-state index >= 15 is 0 Å². The summed E-state index contributed by atoms with van der Waals surface area (Å²) in [4.78, 5) is 29.9. The fourth-order valence-electron chi connectivity index (χ4n) is 4.47. The predicted molar refractivity (Wildman–Crippen MR) is 116 cm³/mol. The number of halogens is 1. The Bertz CT molecular complexity index is 870. The summed E-state index contributed by atoms with van der Waals surface area (Å²) in [7, 11) is 0. The molecule has 1 aliphatic heterocycles. The van der Waals surface area contributed by atoms with Crippen molar-refractivity contribution in [2.45, 2.75) is 50.5 Å². The summed E-state index contributed by atoms with van der Waals surface area (Å²) in [6.45, 7) is 3.29.